The van der Waals surface area contributed by atoms with E-state index in [2.05, 4.69) is 30.7 Å². The van der Waals surface area contributed by atoms with Crippen LogP contribution in [0, 0.1) is 11.3 Å². The number of nitrogen functional groups attached to an aromatic ring is 1. The van der Waals surface area contributed by atoms with Crippen LogP contribution >= 0.6 is 23.7 Å². The van der Waals surface area contributed by atoms with Crippen LogP contribution in [-0.4, -0.2) is 23.0 Å². The number of halogens is 1. The van der Waals surface area contributed by atoms with Crippen LogP contribution in [0.25, 0.3) is 0 Å². The predicted molar refractivity (Wildman–Crippen MR) is 76.6 cm³/mol. The SMILES string of the molecule is CC1CCN(Cc2cnc(N)s2)CC1(C)C.Cl. The van der Waals surface area contributed by atoms with Crippen molar-refractivity contribution in [2.75, 3.05) is 18.8 Å². The third-order valence-corrected chi connectivity index (χ3v) is 4.61. The first-order chi connectivity index (χ1) is 7.47. The highest BCUT2D eigenvalue weighted by Gasteiger charge is 2.32. The average molecular weight is 276 g/mol. The quantitative estimate of drug-likeness (QED) is 0.902. The fourth-order valence-corrected chi connectivity index (χ4v) is 3.06. The van der Waals surface area contributed by atoms with E-state index in [-0.39, 0.29) is 12.4 Å². The second-order valence-electron chi connectivity index (χ2n) is 5.55. The Morgan fingerprint density at radius 1 is 1.59 bits per heavy atom. The Morgan fingerprint density at radius 3 is 2.82 bits per heavy atom. The van der Waals surface area contributed by atoms with Crippen molar-refractivity contribution in [3.8, 4) is 0 Å². The molecule has 3 nitrogen and oxygen atoms in total. The van der Waals surface area contributed by atoms with Crippen molar-refractivity contribution in [1.82, 2.24) is 9.88 Å². The molecule has 0 amide bonds. The van der Waals surface area contributed by atoms with Crippen LogP contribution in [0.3, 0.4) is 0 Å². The van der Waals surface area contributed by atoms with E-state index in [0.29, 0.717) is 10.5 Å². The van der Waals surface area contributed by atoms with Gasteiger partial charge < -0.3 is 5.73 Å². The van der Waals surface area contributed by atoms with Gasteiger partial charge in [0, 0.05) is 24.2 Å². The molecule has 0 aromatic carbocycles. The first-order valence-corrected chi connectivity index (χ1v) is 6.71. The zero-order valence-electron chi connectivity index (χ0n) is 10.8. The molecule has 0 aliphatic carbocycles. The zero-order valence-corrected chi connectivity index (χ0v) is 12.4. The van der Waals surface area contributed by atoms with Crippen molar-refractivity contribution in [3.05, 3.63) is 11.1 Å². The van der Waals surface area contributed by atoms with Crippen LogP contribution in [0.15, 0.2) is 6.20 Å². The number of piperidine rings is 1. The standard InChI is InChI=1S/C12H21N3S.ClH/c1-9-4-5-15(8-12(9,2)3)7-10-6-14-11(13)16-10;/h6,9H,4-5,7-8H2,1-3H3,(H2,13,14);1H. The summed E-state index contributed by atoms with van der Waals surface area (Å²) in [5.74, 6) is 0.815. The summed E-state index contributed by atoms with van der Waals surface area (Å²) in [4.78, 5) is 7.90. The van der Waals surface area contributed by atoms with Crippen molar-refractivity contribution < 1.29 is 0 Å². The smallest absolute Gasteiger partial charge is 0.180 e. The van der Waals surface area contributed by atoms with Crippen LogP contribution in [0.4, 0.5) is 5.13 Å². The number of likely N-dealkylation sites (tertiary alicyclic amines) is 1. The molecule has 0 spiro atoms. The monoisotopic (exact) mass is 275 g/mol. The van der Waals surface area contributed by atoms with Crippen molar-refractivity contribution in [2.24, 2.45) is 11.3 Å². The fraction of sp³-hybridized carbons (Fsp3) is 0.750. The topological polar surface area (TPSA) is 42.2 Å². The summed E-state index contributed by atoms with van der Waals surface area (Å²) >= 11 is 1.61. The number of nitrogens with two attached hydrogens (primary N) is 1. The Kier molecular flexibility index (Phi) is 4.81. The van der Waals surface area contributed by atoms with Crippen molar-refractivity contribution in [1.29, 1.82) is 0 Å². The molecule has 1 unspecified atom stereocenters. The van der Waals surface area contributed by atoms with E-state index in [1.807, 2.05) is 6.20 Å². The number of hydrogen-bond acceptors (Lipinski definition) is 4. The molecule has 1 aliphatic rings. The van der Waals surface area contributed by atoms with Gasteiger partial charge in [-0.1, -0.05) is 20.8 Å². The molecule has 17 heavy (non-hydrogen) atoms. The molecule has 2 rings (SSSR count). The van der Waals surface area contributed by atoms with Gasteiger partial charge in [0.25, 0.3) is 0 Å². The maximum Gasteiger partial charge on any atom is 0.180 e. The lowest BCUT2D eigenvalue weighted by molar-refractivity contribution is 0.0605. The van der Waals surface area contributed by atoms with Crippen LogP contribution in [0.5, 0.6) is 0 Å². The number of aromatic nitrogens is 1. The van der Waals surface area contributed by atoms with Gasteiger partial charge in [-0.2, -0.15) is 0 Å². The van der Waals surface area contributed by atoms with E-state index in [1.54, 1.807) is 11.3 Å². The van der Waals surface area contributed by atoms with Gasteiger partial charge >= 0.3 is 0 Å². The molecule has 1 aromatic heterocycles. The predicted octanol–water partition coefficient (Wildman–Crippen LogP) is 3.02. The summed E-state index contributed by atoms with van der Waals surface area (Å²) in [6.07, 6.45) is 3.20. The Morgan fingerprint density at radius 2 is 2.29 bits per heavy atom. The summed E-state index contributed by atoms with van der Waals surface area (Å²) in [6, 6.07) is 0. The number of anilines is 1. The van der Waals surface area contributed by atoms with Gasteiger partial charge in [0.1, 0.15) is 0 Å². The summed E-state index contributed by atoms with van der Waals surface area (Å²) < 4.78 is 0. The average Bonchev–Trinajstić information content (AvgIpc) is 2.57. The first-order valence-electron chi connectivity index (χ1n) is 5.90. The number of hydrogen-bond donors (Lipinski definition) is 1. The number of thiazole rings is 1. The fourth-order valence-electron chi connectivity index (χ4n) is 2.33. The lowest BCUT2D eigenvalue weighted by Crippen LogP contribution is -2.44. The molecule has 1 aromatic rings. The van der Waals surface area contributed by atoms with E-state index in [0.717, 1.165) is 12.5 Å². The summed E-state index contributed by atoms with van der Waals surface area (Å²) in [5, 5.41) is 0.680. The molecule has 0 saturated carbocycles. The highest BCUT2D eigenvalue weighted by Crippen LogP contribution is 2.35. The van der Waals surface area contributed by atoms with Crippen molar-refractivity contribution in [2.45, 2.75) is 33.7 Å². The van der Waals surface area contributed by atoms with Gasteiger partial charge in [-0.15, -0.1) is 23.7 Å². The summed E-state index contributed by atoms with van der Waals surface area (Å²) in [7, 11) is 0. The molecular formula is C12H22ClN3S. The minimum absolute atomic E-state index is 0. The van der Waals surface area contributed by atoms with Crippen LogP contribution in [0.1, 0.15) is 32.1 Å². The van der Waals surface area contributed by atoms with Crippen LogP contribution < -0.4 is 5.73 Å². The van der Waals surface area contributed by atoms with Gasteiger partial charge in [0.2, 0.25) is 0 Å². The second-order valence-corrected chi connectivity index (χ2v) is 6.70. The molecule has 98 valence electrons. The van der Waals surface area contributed by atoms with E-state index in [4.69, 9.17) is 5.73 Å². The highest BCUT2D eigenvalue weighted by atomic mass is 35.5. The Labute approximate surface area is 114 Å². The van der Waals surface area contributed by atoms with E-state index in [1.165, 1.54) is 24.4 Å². The third-order valence-electron chi connectivity index (χ3n) is 3.79. The van der Waals surface area contributed by atoms with Crippen LogP contribution in [-0.2, 0) is 6.54 Å². The normalized spacial score (nSPS) is 24.3. The minimum Gasteiger partial charge on any atom is -0.375 e. The van der Waals surface area contributed by atoms with Gasteiger partial charge in [-0.25, -0.2) is 4.98 Å². The van der Waals surface area contributed by atoms with Crippen LogP contribution in [0.2, 0.25) is 0 Å². The molecular weight excluding hydrogens is 254 g/mol. The molecule has 2 N–H and O–H groups in total. The largest absolute Gasteiger partial charge is 0.375 e. The van der Waals surface area contributed by atoms with E-state index in [9.17, 15) is 0 Å². The summed E-state index contributed by atoms with van der Waals surface area (Å²) in [6.45, 7) is 10.5. The number of rotatable bonds is 2. The maximum absolute atomic E-state index is 5.65. The molecule has 0 bridgehead atoms. The summed E-state index contributed by atoms with van der Waals surface area (Å²) in [5.41, 5.74) is 6.07. The molecule has 0 radical (unpaired) electrons. The van der Waals surface area contributed by atoms with E-state index < -0.39 is 0 Å². The van der Waals surface area contributed by atoms with Gasteiger partial charge in [0.15, 0.2) is 5.13 Å². The Balaban J connectivity index is 0.00000144. The van der Waals surface area contributed by atoms with E-state index >= 15 is 0 Å². The van der Waals surface area contributed by atoms with Crippen molar-refractivity contribution >= 4 is 28.9 Å². The molecule has 5 heteroatoms. The lowest BCUT2D eigenvalue weighted by Gasteiger charge is -2.42. The lowest BCUT2D eigenvalue weighted by atomic mass is 9.75. The highest BCUT2D eigenvalue weighted by molar-refractivity contribution is 7.15. The molecule has 2 heterocycles. The zero-order chi connectivity index (χ0) is 11.8. The van der Waals surface area contributed by atoms with Gasteiger partial charge in [0.05, 0.1) is 0 Å². The van der Waals surface area contributed by atoms with Gasteiger partial charge in [-0.05, 0) is 24.3 Å². The number of nitrogens with zero attached hydrogens (tertiary/aromatic N) is 2. The molecule has 1 fully saturated rings. The molecule has 1 atom stereocenters. The molecule has 1 aliphatic heterocycles. The Hall–Kier alpha value is -0.320. The van der Waals surface area contributed by atoms with Gasteiger partial charge in [-0.3, -0.25) is 4.90 Å². The first kappa shape index (κ1) is 14.7. The van der Waals surface area contributed by atoms with Crippen molar-refractivity contribution in [3.63, 3.8) is 0 Å². The molecule has 1 saturated heterocycles. The Bertz CT molecular complexity index is 364. The third kappa shape index (κ3) is 3.57. The minimum atomic E-state index is 0. The maximum atomic E-state index is 5.65. The second kappa shape index (κ2) is 5.55.